The van der Waals surface area contributed by atoms with Gasteiger partial charge in [0.2, 0.25) is 5.88 Å². The van der Waals surface area contributed by atoms with Gasteiger partial charge in [0.15, 0.2) is 15.2 Å². The number of anilines is 1. The van der Waals surface area contributed by atoms with E-state index in [1.54, 1.807) is 6.92 Å². The van der Waals surface area contributed by atoms with Crippen LogP contribution in [0.25, 0.3) is 0 Å². The predicted octanol–water partition coefficient (Wildman–Crippen LogP) is 2.21. The zero-order chi connectivity index (χ0) is 29.7. The number of hydrogen-bond donors (Lipinski definition) is 3. The fourth-order valence-electron chi connectivity index (χ4n) is 3.72. The Bertz CT molecular complexity index is 1440. The third kappa shape index (κ3) is 7.00. The normalized spacial score (nSPS) is 18.3. The molecule has 2 aromatic heterocycles. The highest BCUT2D eigenvalue weighted by Crippen LogP contribution is 2.42. The Morgan fingerprint density at radius 1 is 1.39 bits per heavy atom. The highest BCUT2D eigenvalue weighted by atomic mass is 32.2. The van der Waals surface area contributed by atoms with Crippen molar-refractivity contribution in [3.8, 4) is 0 Å². The molecule has 2 amide bonds. The molecule has 4 rings (SSSR count). The molecule has 0 radical (unpaired) electrons. The van der Waals surface area contributed by atoms with Crippen LogP contribution in [-0.2, 0) is 35.1 Å². The number of carbonyl (C=O) groups excluding carboxylic acids is 3. The lowest BCUT2D eigenvalue weighted by molar-refractivity contribution is -0.148. The van der Waals surface area contributed by atoms with Gasteiger partial charge in [0, 0.05) is 27.3 Å². The molecule has 1 saturated heterocycles. The number of β-lactam (4-membered cyclic amide) rings is 1. The molecule has 0 aliphatic carbocycles. The van der Waals surface area contributed by atoms with Gasteiger partial charge in [-0.05, 0) is 6.92 Å². The van der Waals surface area contributed by atoms with E-state index in [9.17, 15) is 24.3 Å². The second kappa shape index (κ2) is 13.4. The monoisotopic (exact) mass is 640 g/mol. The van der Waals surface area contributed by atoms with E-state index in [1.807, 2.05) is 0 Å². The van der Waals surface area contributed by atoms with Gasteiger partial charge in [-0.25, -0.2) is 14.8 Å². The van der Waals surface area contributed by atoms with Crippen molar-refractivity contribution in [2.24, 2.45) is 5.16 Å². The van der Waals surface area contributed by atoms with Crippen LogP contribution in [0, 0.1) is 6.92 Å². The largest absolute Gasteiger partial charge is 0.512 e. The first-order valence-corrected chi connectivity index (χ1v) is 15.4. The molecule has 18 heteroatoms. The average Bonchev–Trinajstić information content (AvgIpc) is 3.51. The second-order valence-electron chi connectivity index (χ2n) is 8.26. The van der Waals surface area contributed by atoms with E-state index in [4.69, 9.17) is 20.0 Å². The number of amides is 2. The first-order valence-electron chi connectivity index (χ1n) is 11.7. The standard InChI is InChI=1S/C23H24N6O8S4/c1-4-5-36-14(30)6-13-10(2)25-22(41-13)40-8-11-7-38-20-16(18(32)29(20)19(11)37-23(33)34)27-17(31)15(28-35-3)12-9-39-21(24)26-12/h4,9,16,20H,1,5-8H2,2-3H3,(H2,24,26)(H,27,31)(H,33,34)/t16-,20+/m1/s1. The summed E-state index contributed by atoms with van der Waals surface area (Å²) in [5.41, 5.74) is 6.94. The molecule has 1 fully saturated rings. The molecule has 0 spiro atoms. The molecule has 218 valence electrons. The topological polar surface area (TPSA) is 196 Å². The van der Waals surface area contributed by atoms with E-state index < -0.39 is 35.4 Å². The Hall–Kier alpha value is -3.61. The Morgan fingerprint density at radius 3 is 2.83 bits per heavy atom. The van der Waals surface area contributed by atoms with Crippen LogP contribution in [0.2, 0.25) is 0 Å². The summed E-state index contributed by atoms with van der Waals surface area (Å²) in [5, 5.41) is 16.9. The number of nitrogens with one attached hydrogen (secondary N) is 1. The van der Waals surface area contributed by atoms with Gasteiger partial charge in [-0.1, -0.05) is 29.6 Å². The van der Waals surface area contributed by atoms with Crippen LogP contribution in [0.1, 0.15) is 16.3 Å². The maximum absolute atomic E-state index is 13.1. The van der Waals surface area contributed by atoms with E-state index in [0.717, 1.165) is 16.2 Å². The lowest BCUT2D eigenvalue weighted by Gasteiger charge is -2.49. The minimum absolute atomic E-state index is 0.0769. The van der Waals surface area contributed by atoms with E-state index >= 15 is 0 Å². The van der Waals surface area contributed by atoms with Gasteiger partial charge in [-0.2, -0.15) is 0 Å². The summed E-state index contributed by atoms with van der Waals surface area (Å²) in [6.07, 6.45) is -0.0104. The summed E-state index contributed by atoms with van der Waals surface area (Å²) >= 11 is 5.12. The summed E-state index contributed by atoms with van der Waals surface area (Å²) in [4.78, 5) is 64.7. The first-order chi connectivity index (χ1) is 19.6. The van der Waals surface area contributed by atoms with Gasteiger partial charge < -0.3 is 30.5 Å². The van der Waals surface area contributed by atoms with Crippen LogP contribution in [0.5, 0.6) is 0 Å². The lowest BCUT2D eigenvalue weighted by atomic mass is 10.1. The Morgan fingerprint density at radius 2 is 2.17 bits per heavy atom. The third-order valence-electron chi connectivity index (χ3n) is 5.54. The number of thiazole rings is 2. The van der Waals surface area contributed by atoms with Crippen molar-refractivity contribution >= 4 is 81.0 Å². The van der Waals surface area contributed by atoms with Crippen molar-refractivity contribution in [1.82, 2.24) is 20.2 Å². The molecule has 2 atom stereocenters. The number of fused-ring (bicyclic) bond motifs is 1. The maximum atomic E-state index is 13.1. The Balaban J connectivity index is 1.45. The molecule has 0 aromatic carbocycles. The molecule has 2 aliphatic heterocycles. The summed E-state index contributed by atoms with van der Waals surface area (Å²) in [6, 6.07) is -0.961. The van der Waals surface area contributed by atoms with Crippen molar-refractivity contribution in [3.63, 3.8) is 0 Å². The number of nitrogens with zero attached hydrogens (tertiary/aromatic N) is 4. The predicted molar refractivity (Wildman–Crippen MR) is 154 cm³/mol. The van der Waals surface area contributed by atoms with Crippen LogP contribution < -0.4 is 11.1 Å². The van der Waals surface area contributed by atoms with Crippen LogP contribution in [0.15, 0.2) is 39.0 Å². The number of nitrogen functional groups attached to an aromatic ring is 1. The number of aromatic nitrogens is 2. The second-order valence-corrected chi connectivity index (χ2v) is 12.6. The summed E-state index contributed by atoms with van der Waals surface area (Å²) in [5.74, 6) is -1.12. The molecular formula is C23H24N6O8S4. The highest BCUT2D eigenvalue weighted by Gasteiger charge is 2.54. The van der Waals surface area contributed by atoms with Crippen LogP contribution in [0.4, 0.5) is 9.93 Å². The summed E-state index contributed by atoms with van der Waals surface area (Å²) in [7, 11) is 1.27. The highest BCUT2D eigenvalue weighted by molar-refractivity contribution is 8.01. The molecule has 0 bridgehead atoms. The SMILES string of the molecule is C=CCOC(=O)Cc1sc(SCC2=C(OC(=O)O)N3C(=O)[C@@H](NC(=O)C(=NOC)c4csc(N)n4)[C@@H]3SC2)nc1C. The number of carboxylic acid groups (broad SMARTS) is 1. The molecule has 2 aromatic rings. The fourth-order valence-corrected chi connectivity index (χ4v) is 7.94. The van der Waals surface area contributed by atoms with Crippen molar-refractivity contribution < 1.29 is 38.6 Å². The minimum Gasteiger partial charge on any atom is -0.461 e. The number of esters is 1. The smallest absolute Gasteiger partial charge is 0.461 e. The van der Waals surface area contributed by atoms with Gasteiger partial charge in [-0.3, -0.25) is 19.3 Å². The molecule has 41 heavy (non-hydrogen) atoms. The number of oxime groups is 1. The van der Waals surface area contributed by atoms with Crippen LogP contribution in [-0.4, -0.2) is 86.3 Å². The van der Waals surface area contributed by atoms with Crippen LogP contribution >= 0.6 is 46.2 Å². The van der Waals surface area contributed by atoms with E-state index in [2.05, 4.69) is 27.0 Å². The van der Waals surface area contributed by atoms with E-state index in [0.29, 0.717) is 21.4 Å². The molecule has 2 aliphatic rings. The van der Waals surface area contributed by atoms with Crippen molar-refractivity contribution in [2.45, 2.75) is 29.1 Å². The number of nitrogens with two attached hydrogens (primary N) is 1. The minimum atomic E-state index is -1.57. The quantitative estimate of drug-likeness (QED) is 0.0763. The van der Waals surface area contributed by atoms with Crippen molar-refractivity contribution in [3.05, 3.63) is 45.8 Å². The average molecular weight is 641 g/mol. The zero-order valence-electron chi connectivity index (χ0n) is 21.6. The Kier molecular flexibility index (Phi) is 9.90. The fraction of sp³-hybridized carbons (Fsp3) is 0.348. The van der Waals surface area contributed by atoms with Gasteiger partial charge >= 0.3 is 12.1 Å². The van der Waals surface area contributed by atoms with Crippen molar-refractivity contribution in [2.75, 3.05) is 31.0 Å². The van der Waals surface area contributed by atoms with Gasteiger partial charge in [0.05, 0.1) is 12.1 Å². The summed E-state index contributed by atoms with van der Waals surface area (Å²) < 4.78 is 10.7. The molecular weight excluding hydrogens is 617 g/mol. The van der Waals surface area contributed by atoms with E-state index in [1.165, 1.54) is 58.3 Å². The summed E-state index contributed by atoms with van der Waals surface area (Å²) in [6.45, 7) is 5.43. The number of thioether (sulfide) groups is 2. The van der Waals surface area contributed by atoms with Crippen LogP contribution in [0.3, 0.4) is 0 Å². The zero-order valence-corrected chi connectivity index (χ0v) is 24.9. The molecule has 14 nitrogen and oxygen atoms in total. The molecule has 0 unspecified atom stereocenters. The molecule has 4 heterocycles. The Labute approximate surface area is 250 Å². The van der Waals surface area contributed by atoms with E-state index in [-0.39, 0.29) is 41.2 Å². The van der Waals surface area contributed by atoms with Gasteiger partial charge in [0.1, 0.15) is 30.8 Å². The molecule has 0 saturated carbocycles. The number of aryl methyl sites for hydroxylation is 1. The van der Waals surface area contributed by atoms with Gasteiger partial charge in [0.25, 0.3) is 11.8 Å². The lowest BCUT2D eigenvalue weighted by Crippen LogP contribution is -2.70. The van der Waals surface area contributed by atoms with Crippen molar-refractivity contribution in [1.29, 1.82) is 0 Å². The number of rotatable bonds is 12. The number of hydrogen-bond acceptors (Lipinski definition) is 15. The first kappa shape index (κ1) is 30.4. The van der Waals surface area contributed by atoms with Gasteiger partial charge in [-0.15, -0.1) is 34.4 Å². The number of ether oxygens (including phenoxy) is 2. The number of carbonyl (C=O) groups is 4. The molecule has 4 N–H and O–H groups in total. The third-order valence-corrected chi connectivity index (χ3v) is 9.94. The maximum Gasteiger partial charge on any atom is 0.512 e.